The number of aryl methyl sites for hydroxylation is 2. The number of benzene rings is 2. The van der Waals surface area contributed by atoms with E-state index >= 15 is 0 Å². The highest BCUT2D eigenvalue weighted by Crippen LogP contribution is 2.38. The Balaban J connectivity index is 1.48. The van der Waals surface area contributed by atoms with Crippen LogP contribution in [0.2, 0.25) is 0 Å². The van der Waals surface area contributed by atoms with Crippen LogP contribution in [-0.4, -0.2) is 22.5 Å². The molecule has 5 nitrogen and oxygen atoms in total. The van der Waals surface area contributed by atoms with Crippen LogP contribution in [0.3, 0.4) is 0 Å². The van der Waals surface area contributed by atoms with Crippen LogP contribution in [0.25, 0.3) is 11.3 Å². The van der Waals surface area contributed by atoms with E-state index in [9.17, 15) is 23.2 Å². The molecule has 1 aromatic heterocycles. The van der Waals surface area contributed by atoms with Crippen LogP contribution in [-0.2, 0) is 20.9 Å². The first-order valence-electron chi connectivity index (χ1n) is 11.0. The number of ketones is 2. The first kappa shape index (κ1) is 23.4. The van der Waals surface area contributed by atoms with Gasteiger partial charge in [0.15, 0.2) is 5.78 Å². The van der Waals surface area contributed by atoms with Crippen molar-refractivity contribution >= 4 is 17.5 Å². The Kier molecular flexibility index (Phi) is 6.63. The average Bonchev–Trinajstić information content (AvgIpc) is 3.05. The minimum Gasteiger partial charge on any atom is -0.352 e. The summed E-state index contributed by atoms with van der Waals surface area (Å²) in [4.78, 5) is 42.5. The number of nitrogens with one attached hydrogen (secondary N) is 1. The SMILES string of the molecule is Cc1cc(-c2ccc(F)cn2)cc(C)c1C1C(=O)CC(CC(=O)NCc2cccc(F)c2)C1=O. The summed E-state index contributed by atoms with van der Waals surface area (Å²) in [5.41, 5.74) is 4.17. The molecule has 0 bridgehead atoms. The Hall–Kier alpha value is -3.74. The molecule has 1 amide bonds. The topological polar surface area (TPSA) is 76.1 Å². The fourth-order valence-corrected chi connectivity index (χ4v) is 4.60. The monoisotopic (exact) mass is 462 g/mol. The molecule has 0 radical (unpaired) electrons. The van der Waals surface area contributed by atoms with E-state index in [1.807, 2.05) is 26.0 Å². The lowest BCUT2D eigenvalue weighted by Gasteiger charge is -2.17. The predicted molar refractivity (Wildman–Crippen MR) is 123 cm³/mol. The van der Waals surface area contributed by atoms with Crippen molar-refractivity contribution in [2.24, 2.45) is 5.92 Å². The fourth-order valence-electron chi connectivity index (χ4n) is 4.60. The van der Waals surface area contributed by atoms with Crippen molar-refractivity contribution < 1.29 is 23.2 Å². The molecule has 34 heavy (non-hydrogen) atoms. The van der Waals surface area contributed by atoms with Gasteiger partial charge in [0.1, 0.15) is 23.3 Å². The Bertz CT molecular complexity index is 1250. The van der Waals surface area contributed by atoms with Crippen LogP contribution in [0.1, 0.15) is 41.0 Å². The predicted octanol–water partition coefficient (Wildman–Crippen LogP) is 4.59. The molecule has 174 valence electrons. The second-order valence-corrected chi connectivity index (χ2v) is 8.70. The molecule has 0 aliphatic heterocycles. The molecule has 1 saturated carbocycles. The number of pyridine rings is 1. The molecule has 3 aromatic rings. The van der Waals surface area contributed by atoms with E-state index in [1.54, 1.807) is 18.2 Å². The lowest BCUT2D eigenvalue weighted by molar-refractivity contribution is -0.128. The number of carbonyl (C=O) groups is 3. The van der Waals surface area contributed by atoms with Crippen molar-refractivity contribution in [1.82, 2.24) is 10.3 Å². The van der Waals surface area contributed by atoms with Crippen molar-refractivity contribution in [3.8, 4) is 11.3 Å². The van der Waals surface area contributed by atoms with Crippen LogP contribution in [0, 0.1) is 31.4 Å². The van der Waals surface area contributed by atoms with Gasteiger partial charge >= 0.3 is 0 Å². The Morgan fingerprint density at radius 1 is 1.03 bits per heavy atom. The lowest BCUT2D eigenvalue weighted by atomic mass is 9.85. The number of nitrogens with zero attached hydrogens (tertiary/aromatic N) is 1. The van der Waals surface area contributed by atoms with Gasteiger partial charge in [-0.1, -0.05) is 12.1 Å². The summed E-state index contributed by atoms with van der Waals surface area (Å²) in [6.45, 7) is 3.80. The van der Waals surface area contributed by atoms with Crippen LogP contribution < -0.4 is 5.32 Å². The molecule has 2 aromatic carbocycles. The second-order valence-electron chi connectivity index (χ2n) is 8.70. The second kappa shape index (κ2) is 9.63. The minimum absolute atomic E-state index is 0.0109. The number of hydrogen-bond donors (Lipinski definition) is 1. The third kappa shape index (κ3) is 4.93. The van der Waals surface area contributed by atoms with Gasteiger partial charge in [-0.3, -0.25) is 19.4 Å². The van der Waals surface area contributed by atoms with E-state index in [0.29, 0.717) is 16.8 Å². The van der Waals surface area contributed by atoms with Gasteiger partial charge in [-0.15, -0.1) is 0 Å². The average molecular weight is 462 g/mol. The Morgan fingerprint density at radius 3 is 2.41 bits per heavy atom. The van der Waals surface area contributed by atoms with Gasteiger partial charge in [-0.05, 0) is 72.5 Å². The molecule has 1 N–H and O–H groups in total. The third-order valence-corrected chi connectivity index (χ3v) is 6.17. The van der Waals surface area contributed by atoms with Crippen molar-refractivity contribution in [2.75, 3.05) is 0 Å². The first-order valence-corrected chi connectivity index (χ1v) is 11.0. The van der Waals surface area contributed by atoms with Crippen LogP contribution in [0.4, 0.5) is 8.78 Å². The summed E-state index contributed by atoms with van der Waals surface area (Å²) in [7, 11) is 0. The van der Waals surface area contributed by atoms with Gasteiger partial charge in [0, 0.05) is 30.9 Å². The van der Waals surface area contributed by atoms with Crippen molar-refractivity contribution in [1.29, 1.82) is 0 Å². The lowest BCUT2D eigenvalue weighted by Crippen LogP contribution is -2.27. The summed E-state index contributed by atoms with van der Waals surface area (Å²) in [5.74, 6) is -3.24. The summed E-state index contributed by atoms with van der Waals surface area (Å²) in [6.07, 6.45) is 1.06. The molecule has 2 unspecified atom stereocenters. The molecule has 1 heterocycles. The molecule has 0 spiro atoms. The summed E-state index contributed by atoms with van der Waals surface area (Å²) in [6, 6.07) is 12.5. The summed E-state index contributed by atoms with van der Waals surface area (Å²) >= 11 is 0. The molecule has 1 aliphatic carbocycles. The van der Waals surface area contributed by atoms with E-state index < -0.39 is 23.5 Å². The first-order chi connectivity index (χ1) is 16.2. The molecular weight excluding hydrogens is 438 g/mol. The number of rotatable bonds is 6. The maximum Gasteiger partial charge on any atom is 0.221 e. The largest absolute Gasteiger partial charge is 0.352 e. The highest BCUT2D eigenvalue weighted by atomic mass is 19.1. The third-order valence-electron chi connectivity index (χ3n) is 6.17. The standard InChI is InChI=1S/C27H24F2N2O3/c1-15-8-18(22-7-6-21(29)14-30-22)9-16(2)25(15)26-23(32)11-19(27(26)34)12-24(33)31-13-17-4-3-5-20(28)10-17/h3-10,14,19,26H,11-13H2,1-2H3,(H,31,33). The quantitative estimate of drug-likeness (QED) is 0.544. The normalized spacial score (nSPS) is 17.8. The number of hydrogen-bond acceptors (Lipinski definition) is 4. The zero-order chi connectivity index (χ0) is 24.4. The number of Topliss-reactive ketones (excluding diaryl/α,β-unsaturated/α-hetero) is 2. The van der Waals surface area contributed by atoms with Crippen LogP contribution in [0.15, 0.2) is 54.7 Å². The molecule has 0 saturated heterocycles. The highest BCUT2D eigenvalue weighted by molar-refractivity contribution is 6.15. The number of carbonyl (C=O) groups excluding carboxylic acids is 3. The molecule has 1 fully saturated rings. The van der Waals surface area contributed by atoms with E-state index in [0.717, 1.165) is 22.9 Å². The van der Waals surface area contributed by atoms with Crippen LogP contribution >= 0.6 is 0 Å². The smallest absolute Gasteiger partial charge is 0.221 e. The molecule has 7 heteroatoms. The van der Waals surface area contributed by atoms with Gasteiger partial charge in [-0.2, -0.15) is 0 Å². The highest BCUT2D eigenvalue weighted by Gasteiger charge is 2.43. The van der Waals surface area contributed by atoms with Gasteiger partial charge in [-0.25, -0.2) is 8.78 Å². The van der Waals surface area contributed by atoms with Crippen molar-refractivity contribution in [3.63, 3.8) is 0 Å². The molecule has 4 rings (SSSR count). The van der Waals surface area contributed by atoms with Gasteiger partial charge in [0.25, 0.3) is 0 Å². The minimum atomic E-state index is -0.906. The number of aromatic nitrogens is 1. The van der Waals surface area contributed by atoms with Gasteiger partial charge in [0.2, 0.25) is 5.91 Å². The van der Waals surface area contributed by atoms with E-state index in [4.69, 9.17) is 0 Å². The van der Waals surface area contributed by atoms with E-state index in [-0.39, 0.29) is 36.9 Å². The van der Waals surface area contributed by atoms with E-state index in [1.165, 1.54) is 18.2 Å². The number of amides is 1. The van der Waals surface area contributed by atoms with Crippen molar-refractivity contribution in [2.45, 2.75) is 39.2 Å². The Labute approximate surface area is 196 Å². The zero-order valence-electron chi connectivity index (χ0n) is 18.9. The zero-order valence-corrected chi connectivity index (χ0v) is 18.9. The number of halogens is 2. The van der Waals surface area contributed by atoms with Gasteiger partial charge < -0.3 is 5.32 Å². The summed E-state index contributed by atoms with van der Waals surface area (Å²) in [5, 5.41) is 2.69. The van der Waals surface area contributed by atoms with E-state index in [2.05, 4.69) is 10.3 Å². The van der Waals surface area contributed by atoms with Crippen LogP contribution in [0.5, 0.6) is 0 Å². The maximum absolute atomic E-state index is 13.3. The fraction of sp³-hybridized carbons (Fsp3) is 0.259. The van der Waals surface area contributed by atoms with Crippen molar-refractivity contribution in [3.05, 3.63) is 88.6 Å². The molecular formula is C27H24F2N2O3. The summed E-state index contributed by atoms with van der Waals surface area (Å²) < 4.78 is 26.5. The molecule has 1 aliphatic rings. The Morgan fingerprint density at radius 2 is 1.76 bits per heavy atom. The maximum atomic E-state index is 13.3. The van der Waals surface area contributed by atoms with Gasteiger partial charge in [0.05, 0.1) is 11.9 Å². The molecule has 2 atom stereocenters.